The summed E-state index contributed by atoms with van der Waals surface area (Å²) in [6, 6.07) is 0. The molecule has 96 valence electrons. The van der Waals surface area contributed by atoms with Gasteiger partial charge in [-0.1, -0.05) is 0 Å². The highest BCUT2D eigenvalue weighted by atomic mass is 35.5. The first-order valence-corrected chi connectivity index (χ1v) is 7.94. The Hall–Kier alpha value is 0.160. The molecule has 1 N–H and O–H groups in total. The summed E-state index contributed by atoms with van der Waals surface area (Å²) in [4.78, 5) is 2.25. The third-order valence-corrected chi connectivity index (χ3v) is 4.56. The lowest BCUT2D eigenvalue weighted by Gasteiger charge is -2.29. The van der Waals surface area contributed by atoms with E-state index in [1.165, 1.54) is 0 Å². The van der Waals surface area contributed by atoms with Gasteiger partial charge in [-0.2, -0.15) is 0 Å². The molecule has 1 rings (SSSR count). The van der Waals surface area contributed by atoms with Crippen molar-refractivity contribution in [3.63, 3.8) is 0 Å². The van der Waals surface area contributed by atoms with Crippen molar-refractivity contribution >= 4 is 21.6 Å². The van der Waals surface area contributed by atoms with E-state index in [9.17, 15) is 8.42 Å². The third kappa shape index (κ3) is 5.48. The molecule has 0 aromatic carbocycles. The van der Waals surface area contributed by atoms with Crippen molar-refractivity contribution in [1.29, 1.82) is 0 Å². The summed E-state index contributed by atoms with van der Waals surface area (Å²) in [5, 5.41) is 0. The van der Waals surface area contributed by atoms with Crippen molar-refractivity contribution in [3.8, 4) is 0 Å². The van der Waals surface area contributed by atoms with E-state index >= 15 is 0 Å². The van der Waals surface area contributed by atoms with Gasteiger partial charge in [0.25, 0.3) is 0 Å². The number of hydrogen-bond donors (Lipinski definition) is 1. The number of hydrogen-bond acceptors (Lipinski definition) is 3. The summed E-state index contributed by atoms with van der Waals surface area (Å²) < 4.78 is 25.7. The smallest absolute Gasteiger partial charge is 0.211 e. The number of rotatable bonds is 6. The monoisotopic (exact) mass is 268 g/mol. The van der Waals surface area contributed by atoms with Crippen molar-refractivity contribution in [2.45, 2.75) is 19.3 Å². The lowest BCUT2D eigenvalue weighted by molar-refractivity contribution is 0.211. The first kappa shape index (κ1) is 14.2. The van der Waals surface area contributed by atoms with Gasteiger partial charge in [-0.05, 0) is 38.8 Å². The van der Waals surface area contributed by atoms with Gasteiger partial charge in [0, 0.05) is 19.0 Å². The zero-order valence-corrected chi connectivity index (χ0v) is 11.4. The van der Waals surface area contributed by atoms with Crippen LogP contribution in [0.3, 0.4) is 0 Å². The van der Waals surface area contributed by atoms with E-state index in [4.69, 9.17) is 11.6 Å². The Morgan fingerprint density at radius 3 is 2.88 bits per heavy atom. The summed E-state index contributed by atoms with van der Waals surface area (Å²) in [5.41, 5.74) is 0. The maximum absolute atomic E-state index is 11.5. The standard InChI is InChI=1S/C10H21ClN2O2S/c1-13-6-2-4-10(9-13)8-12-16(14,15)7-3-5-11/h10,12H,2-9H2,1H3. The Labute approximate surface area is 103 Å². The second-order valence-electron chi connectivity index (χ2n) is 4.48. The number of halogens is 1. The van der Waals surface area contributed by atoms with Crippen LogP contribution in [0.5, 0.6) is 0 Å². The minimum atomic E-state index is -3.11. The van der Waals surface area contributed by atoms with Crippen LogP contribution < -0.4 is 4.72 Å². The Balaban J connectivity index is 2.27. The van der Waals surface area contributed by atoms with Crippen LogP contribution in [0.15, 0.2) is 0 Å². The molecule has 0 aliphatic carbocycles. The molecule has 1 fully saturated rings. The minimum absolute atomic E-state index is 0.138. The molecular weight excluding hydrogens is 248 g/mol. The number of nitrogens with one attached hydrogen (secondary N) is 1. The normalized spacial score (nSPS) is 23.5. The van der Waals surface area contributed by atoms with E-state index < -0.39 is 10.0 Å². The van der Waals surface area contributed by atoms with Gasteiger partial charge in [0.05, 0.1) is 5.75 Å². The number of piperidine rings is 1. The molecule has 0 amide bonds. The van der Waals surface area contributed by atoms with E-state index in [1.807, 2.05) is 0 Å². The van der Waals surface area contributed by atoms with Crippen LogP contribution in [0.2, 0.25) is 0 Å². The number of alkyl halides is 1. The molecule has 0 aromatic rings. The summed E-state index contributed by atoms with van der Waals surface area (Å²) in [7, 11) is -1.04. The quantitative estimate of drug-likeness (QED) is 0.728. The Morgan fingerprint density at radius 2 is 2.25 bits per heavy atom. The van der Waals surface area contributed by atoms with Crippen LogP contribution in [0.1, 0.15) is 19.3 Å². The molecule has 0 bridgehead atoms. The van der Waals surface area contributed by atoms with Crippen molar-refractivity contribution in [1.82, 2.24) is 9.62 Å². The first-order chi connectivity index (χ1) is 7.53. The Morgan fingerprint density at radius 1 is 1.50 bits per heavy atom. The van der Waals surface area contributed by atoms with Gasteiger partial charge in [0.1, 0.15) is 0 Å². The highest BCUT2D eigenvalue weighted by Gasteiger charge is 2.19. The molecule has 0 spiro atoms. The zero-order valence-electron chi connectivity index (χ0n) is 9.78. The molecule has 1 atom stereocenters. The molecule has 0 saturated carbocycles. The average molecular weight is 269 g/mol. The average Bonchev–Trinajstić information content (AvgIpc) is 2.24. The van der Waals surface area contributed by atoms with Crippen molar-refractivity contribution in [2.24, 2.45) is 5.92 Å². The topological polar surface area (TPSA) is 49.4 Å². The molecule has 1 heterocycles. The van der Waals surface area contributed by atoms with Gasteiger partial charge in [-0.3, -0.25) is 0 Å². The molecule has 1 unspecified atom stereocenters. The number of sulfonamides is 1. The lowest BCUT2D eigenvalue weighted by atomic mass is 9.99. The molecule has 0 radical (unpaired) electrons. The van der Waals surface area contributed by atoms with Crippen LogP contribution in [-0.4, -0.2) is 51.6 Å². The second kappa shape index (κ2) is 6.79. The predicted molar refractivity (Wildman–Crippen MR) is 67.3 cm³/mol. The van der Waals surface area contributed by atoms with E-state index in [0.29, 0.717) is 24.8 Å². The summed E-state index contributed by atoms with van der Waals surface area (Å²) >= 11 is 5.48. The summed E-state index contributed by atoms with van der Waals surface area (Å²) in [6.45, 7) is 2.67. The van der Waals surface area contributed by atoms with Gasteiger partial charge in [-0.15, -0.1) is 11.6 Å². The second-order valence-corrected chi connectivity index (χ2v) is 6.78. The van der Waals surface area contributed by atoms with Gasteiger partial charge in [0.15, 0.2) is 0 Å². The van der Waals surface area contributed by atoms with Crippen LogP contribution in [0.25, 0.3) is 0 Å². The largest absolute Gasteiger partial charge is 0.306 e. The van der Waals surface area contributed by atoms with Crippen molar-refractivity contribution < 1.29 is 8.42 Å². The molecule has 4 nitrogen and oxygen atoms in total. The van der Waals surface area contributed by atoms with Crippen LogP contribution in [-0.2, 0) is 10.0 Å². The van der Waals surface area contributed by atoms with Crippen LogP contribution >= 0.6 is 11.6 Å². The summed E-state index contributed by atoms with van der Waals surface area (Å²) in [6.07, 6.45) is 2.79. The maximum Gasteiger partial charge on any atom is 0.211 e. The van der Waals surface area contributed by atoms with Crippen LogP contribution in [0.4, 0.5) is 0 Å². The fourth-order valence-corrected chi connectivity index (χ4v) is 3.45. The first-order valence-electron chi connectivity index (χ1n) is 5.75. The number of nitrogens with zero attached hydrogens (tertiary/aromatic N) is 1. The van der Waals surface area contributed by atoms with E-state index in [-0.39, 0.29) is 5.75 Å². The van der Waals surface area contributed by atoms with E-state index in [2.05, 4.69) is 16.7 Å². The van der Waals surface area contributed by atoms with Crippen molar-refractivity contribution in [2.75, 3.05) is 38.3 Å². The number of likely N-dealkylation sites (tertiary alicyclic amines) is 1. The molecular formula is C10H21ClN2O2S. The summed E-state index contributed by atoms with van der Waals surface area (Å²) in [5.74, 6) is 0.983. The molecule has 1 saturated heterocycles. The highest BCUT2D eigenvalue weighted by Crippen LogP contribution is 2.14. The van der Waals surface area contributed by atoms with Gasteiger partial charge < -0.3 is 4.90 Å². The minimum Gasteiger partial charge on any atom is -0.306 e. The van der Waals surface area contributed by atoms with E-state index in [1.54, 1.807) is 0 Å². The molecule has 16 heavy (non-hydrogen) atoms. The molecule has 6 heteroatoms. The molecule has 1 aliphatic heterocycles. The SMILES string of the molecule is CN1CCCC(CNS(=O)(=O)CCCCl)C1. The van der Waals surface area contributed by atoms with Crippen LogP contribution in [0, 0.1) is 5.92 Å². The van der Waals surface area contributed by atoms with Crippen molar-refractivity contribution in [3.05, 3.63) is 0 Å². The highest BCUT2D eigenvalue weighted by molar-refractivity contribution is 7.89. The fraction of sp³-hybridized carbons (Fsp3) is 1.00. The fourth-order valence-electron chi connectivity index (χ4n) is 2.00. The maximum atomic E-state index is 11.5. The third-order valence-electron chi connectivity index (χ3n) is 2.86. The molecule has 1 aliphatic rings. The Bertz CT molecular complexity index is 295. The van der Waals surface area contributed by atoms with Gasteiger partial charge in [0.2, 0.25) is 10.0 Å². The predicted octanol–water partition coefficient (Wildman–Crippen LogP) is 0.876. The lowest BCUT2D eigenvalue weighted by Crippen LogP contribution is -2.39. The molecule has 0 aromatic heterocycles. The zero-order chi connectivity index (χ0) is 12.0. The Kier molecular flexibility index (Phi) is 6.03. The van der Waals surface area contributed by atoms with E-state index in [0.717, 1.165) is 25.9 Å². The van der Waals surface area contributed by atoms with Gasteiger partial charge in [-0.25, -0.2) is 13.1 Å². The van der Waals surface area contributed by atoms with Gasteiger partial charge >= 0.3 is 0 Å².